The summed E-state index contributed by atoms with van der Waals surface area (Å²) >= 11 is 0. The van der Waals surface area contributed by atoms with Crippen LogP contribution in [0, 0.1) is 0 Å². The minimum atomic E-state index is -0.511. The van der Waals surface area contributed by atoms with Gasteiger partial charge in [0, 0.05) is 13.3 Å². The molecule has 1 heterocycles. The van der Waals surface area contributed by atoms with E-state index in [-0.39, 0.29) is 6.10 Å². The maximum Gasteiger partial charge on any atom is 0.181 e. The van der Waals surface area contributed by atoms with E-state index in [2.05, 4.69) is 72.8 Å². The lowest BCUT2D eigenvalue weighted by molar-refractivity contribution is 0.155. The molecule has 124 valence electrons. The molecule has 0 fully saturated rings. The highest BCUT2D eigenvalue weighted by Gasteiger charge is 2.47. The van der Waals surface area contributed by atoms with Gasteiger partial charge in [-0.05, 0) is 16.7 Å². The van der Waals surface area contributed by atoms with Gasteiger partial charge in [0.15, 0.2) is 11.4 Å². The van der Waals surface area contributed by atoms with Crippen LogP contribution in [0.15, 0.2) is 96.0 Å². The second-order valence-corrected chi connectivity index (χ2v) is 6.43. The molecule has 3 aromatic carbocycles. The first-order valence-corrected chi connectivity index (χ1v) is 8.67. The molecular weight excluding hydrogens is 306 g/mol. The van der Waals surface area contributed by atoms with Crippen molar-refractivity contribution in [3.8, 4) is 0 Å². The van der Waals surface area contributed by atoms with Crippen LogP contribution < -0.4 is 0 Å². The number of ether oxygens (including phenoxy) is 1. The first-order valence-electron chi connectivity index (χ1n) is 8.67. The number of hydrogen-bond donors (Lipinski definition) is 0. The van der Waals surface area contributed by atoms with Gasteiger partial charge in [0.25, 0.3) is 0 Å². The van der Waals surface area contributed by atoms with Gasteiger partial charge in [-0.15, -0.1) is 0 Å². The Morgan fingerprint density at radius 2 is 1.24 bits per heavy atom. The van der Waals surface area contributed by atoms with Crippen LogP contribution in [0.1, 0.15) is 23.6 Å². The van der Waals surface area contributed by atoms with Crippen LogP contribution in [-0.4, -0.2) is 12.0 Å². The Morgan fingerprint density at radius 1 is 0.760 bits per heavy atom. The van der Waals surface area contributed by atoms with E-state index in [1.807, 2.05) is 25.1 Å². The highest BCUT2D eigenvalue weighted by Crippen LogP contribution is 2.43. The molecule has 1 aliphatic rings. The second-order valence-electron chi connectivity index (χ2n) is 6.43. The van der Waals surface area contributed by atoms with Crippen LogP contribution in [0.4, 0.5) is 0 Å². The SMILES string of the molecule is CC1=NC(c2ccccc2)(c2ccccc2)C(Cc2ccccc2)O1. The molecule has 1 aliphatic heterocycles. The quantitative estimate of drug-likeness (QED) is 0.661. The van der Waals surface area contributed by atoms with Gasteiger partial charge in [0.1, 0.15) is 6.10 Å². The van der Waals surface area contributed by atoms with Gasteiger partial charge in [-0.1, -0.05) is 91.0 Å². The van der Waals surface area contributed by atoms with E-state index in [1.54, 1.807) is 0 Å². The van der Waals surface area contributed by atoms with Crippen molar-refractivity contribution in [2.24, 2.45) is 4.99 Å². The zero-order valence-corrected chi connectivity index (χ0v) is 14.3. The third-order valence-corrected chi connectivity index (χ3v) is 4.80. The Balaban J connectivity index is 1.86. The van der Waals surface area contributed by atoms with Crippen LogP contribution in [-0.2, 0) is 16.7 Å². The van der Waals surface area contributed by atoms with Crippen LogP contribution in [0.2, 0.25) is 0 Å². The summed E-state index contributed by atoms with van der Waals surface area (Å²) in [6.07, 6.45) is 0.741. The van der Waals surface area contributed by atoms with Gasteiger partial charge in [0.05, 0.1) is 0 Å². The molecule has 1 atom stereocenters. The van der Waals surface area contributed by atoms with E-state index >= 15 is 0 Å². The molecule has 0 N–H and O–H groups in total. The molecule has 0 radical (unpaired) electrons. The molecule has 3 aromatic rings. The Hall–Kier alpha value is -2.87. The monoisotopic (exact) mass is 327 g/mol. The van der Waals surface area contributed by atoms with Gasteiger partial charge in [-0.3, -0.25) is 0 Å². The smallest absolute Gasteiger partial charge is 0.181 e. The fraction of sp³-hybridized carbons (Fsp3) is 0.174. The normalized spacial score (nSPS) is 18.4. The molecule has 0 amide bonds. The van der Waals surface area contributed by atoms with E-state index in [1.165, 1.54) is 16.7 Å². The molecule has 0 saturated carbocycles. The average Bonchev–Trinajstić information content (AvgIpc) is 3.01. The molecule has 0 bridgehead atoms. The number of aliphatic imine (C=N–C) groups is 1. The predicted molar refractivity (Wildman–Crippen MR) is 102 cm³/mol. The minimum absolute atomic E-state index is 0.0697. The molecule has 4 rings (SSSR count). The lowest BCUT2D eigenvalue weighted by atomic mass is 9.77. The summed E-state index contributed by atoms with van der Waals surface area (Å²) < 4.78 is 6.24. The fourth-order valence-corrected chi connectivity index (χ4v) is 3.71. The number of hydrogen-bond acceptors (Lipinski definition) is 2. The summed E-state index contributed by atoms with van der Waals surface area (Å²) in [6.45, 7) is 1.95. The first-order chi connectivity index (χ1) is 12.3. The van der Waals surface area contributed by atoms with Crippen molar-refractivity contribution in [3.63, 3.8) is 0 Å². The fourth-order valence-electron chi connectivity index (χ4n) is 3.71. The van der Waals surface area contributed by atoms with E-state index in [9.17, 15) is 0 Å². The summed E-state index contributed by atoms with van der Waals surface area (Å²) in [6, 6.07) is 31.5. The van der Waals surface area contributed by atoms with Crippen molar-refractivity contribution in [1.82, 2.24) is 0 Å². The van der Waals surface area contributed by atoms with E-state index < -0.39 is 5.54 Å². The second kappa shape index (κ2) is 6.56. The summed E-state index contributed by atoms with van der Waals surface area (Å²) in [5.74, 6) is 0.744. The third-order valence-electron chi connectivity index (χ3n) is 4.80. The lowest BCUT2D eigenvalue weighted by Gasteiger charge is -2.33. The van der Waals surface area contributed by atoms with Crippen molar-refractivity contribution in [2.45, 2.75) is 25.0 Å². The topological polar surface area (TPSA) is 21.6 Å². The van der Waals surface area contributed by atoms with E-state index in [0.717, 1.165) is 12.3 Å². The highest BCUT2D eigenvalue weighted by atomic mass is 16.5. The van der Waals surface area contributed by atoms with Crippen molar-refractivity contribution in [2.75, 3.05) is 0 Å². The van der Waals surface area contributed by atoms with Gasteiger partial charge in [0.2, 0.25) is 0 Å². The predicted octanol–water partition coefficient (Wildman–Crippen LogP) is 4.99. The molecule has 0 saturated heterocycles. The zero-order chi connectivity index (χ0) is 17.1. The molecule has 25 heavy (non-hydrogen) atoms. The van der Waals surface area contributed by atoms with Crippen LogP contribution in [0.5, 0.6) is 0 Å². The Morgan fingerprint density at radius 3 is 1.76 bits per heavy atom. The van der Waals surface area contributed by atoms with Gasteiger partial charge in [-0.2, -0.15) is 0 Å². The summed E-state index contributed by atoms with van der Waals surface area (Å²) in [5, 5.41) is 0. The van der Waals surface area contributed by atoms with E-state index in [4.69, 9.17) is 9.73 Å². The molecular formula is C23H21NO. The van der Waals surface area contributed by atoms with Gasteiger partial charge in [-0.25, -0.2) is 4.99 Å². The Labute approximate surface area is 148 Å². The lowest BCUT2D eigenvalue weighted by Crippen LogP contribution is -2.38. The zero-order valence-electron chi connectivity index (χ0n) is 14.3. The maximum atomic E-state index is 6.24. The number of nitrogens with zero attached hydrogens (tertiary/aromatic N) is 1. The van der Waals surface area contributed by atoms with Gasteiger partial charge >= 0.3 is 0 Å². The summed E-state index contributed by atoms with van der Waals surface area (Å²) in [5.41, 5.74) is 3.08. The van der Waals surface area contributed by atoms with Crippen molar-refractivity contribution < 1.29 is 4.74 Å². The number of rotatable bonds is 4. The van der Waals surface area contributed by atoms with Crippen molar-refractivity contribution >= 4 is 5.90 Å². The molecule has 0 aliphatic carbocycles. The minimum Gasteiger partial charge on any atom is -0.474 e. The van der Waals surface area contributed by atoms with Crippen LogP contribution in [0.3, 0.4) is 0 Å². The van der Waals surface area contributed by atoms with Crippen molar-refractivity contribution in [3.05, 3.63) is 108 Å². The molecule has 1 unspecified atom stereocenters. The maximum absolute atomic E-state index is 6.24. The van der Waals surface area contributed by atoms with Crippen LogP contribution in [0.25, 0.3) is 0 Å². The summed E-state index contributed by atoms with van der Waals surface area (Å²) in [4.78, 5) is 5.03. The third kappa shape index (κ3) is 2.85. The standard InChI is InChI=1S/C23H21NO/c1-18-24-23(20-13-7-3-8-14-20,21-15-9-4-10-16-21)22(25-18)17-19-11-5-2-6-12-19/h2-16,22H,17H2,1H3. The Kier molecular flexibility index (Phi) is 4.10. The molecule has 2 nitrogen and oxygen atoms in total. The van der Waals surface area contributed by atoms with Gasteiger partial charge < -0.3 is 4.74 Å². The van der Waals surface area contributed by atoms with Crippen molar-refractivity contribution in [1.29, 1.82) is 0 Å². The molecule has 2 heteroatoms. The molecule has 0 spiro atoms. The Bertz CT molecular complexity index is 817. The largest absolute Gasteiger partial charge is 0.474 e. The van der Waals surface area contributed by atoms with E-state index in [0.29, 0.717) is 0 Å². The molecule has 0 aromatic heterocycles. The number of benzene rings is 3. The first kappa shape index (κ1) is 15.6. The summed E-state index contributed by atoms with van der Waals surface area (Å²) in [7, 11) is 0. The average molecular weight is 327 g/mol. The van der Waals surface area contributed by atoms with Crippen LogP contribution >= 0.6 is 0 Å². The highest BCUT2D eigenvalue weighted by molar-refractivity contribution is 5.77.